The predicted octanol–water partition coefficient (Wildman–Crippen LogP) is 2.67. The Balaban J connectivity index is 2.46. The zero-order valence-corrected chi connectivity index (χ0v) is 9.80. The monoisotopic (exact) mass is 225 g/mol. The summed E-state index contributed by atoms with van der Waals surface area (Å²) in [5, 5.41) is 10.4. The third-order valence-corrected chi connectivity index (χ3v) is 3.97. The molecule has 15 heavy (non-hydrogen) atoms. The van der Waals surface area contributed by atoms with E-state index in [1.165, 1.54) is 0 Å². The Morgan fingerprint density at radius 3 is 2.47 bits per heavy atom. The second-order valence-corrected chi connectivity index (χ2v) is 5.44. The van der Waals surface area contributed by atoms with Crippen molar-refractivity contribution >= 4 is 11.6 Å². The molecule has 0 bridgehead atoms. The SMILES string of the molecule is CC1(C)CC1(CN)c1ccc(Cl)cc1O. The second kappa shape index (κ2) is 3.13. The topological polar surface area (TPSA) is 46.2 Å². The maximum absolute atomic E-state index is 9.89. The molecule has 0 amide bonds. The molecule has 1 atom stereocenters. The zero-order chi connectivity index (χ0) is 11.3. The summed E-state index contributed by atoms with van der Waals surface area (Å²) in [6, 6.07) is 5.28. The third kappa shape index (κ3) is 1.44. The van der Waals surface area contributed by atoms with Crippen LogP contribution in [-0.4, -0.2) is 11.7 Å². The van der Waals surface area contributed by atoms with E-state index in [9.17, 15) is 5.11 Å². The summed E-state index contributed by atoms with van der Waals surface area (Å²) in [7, 11) is 0. The van der Waals surface area contributed by atoms with Gasteiger partial charge in [-0.2, -0.15) is 0 Å². The van der Waals surface area contributed by atoms with Gasteiger partial charge in [-0.05, 0) is 24.0 Å². The minimum absolute atomic E-state index is 0.0678. The first-order valence-corrected chi connectivity index (χ1v) is 5.50. The third-order valence-electron chi connectivity index (χ3n) is 3.74. The highest BCUT2D eigenvalue weighted by atomic mass is 35.5. The Kier molecular flexibility index (Phi) is 2.25. The van der Waals surface area contributed by atoms with Crippen molar-refractivity contribution in [2.45, 2.75) is 25.7 Å². The number of nitrogens with two attached hydrogens (primary N) is 1. The summed E-state index contributed by atoms with van der Waals surface area (Å²) >= 11 is 5.81. The molecule has 0 saturated heterocycles. The molecular weight excluding hydrogens is 210 g/mol. The molecule has 2 rings (SSSR count). The van der Waals surface area contributed by atoms with Crippen LogP contribution >= 0.6 is 11.6 Å². The van der Waals surface area contributed by atoms with Crippen LogP contribution in [0.2, 0.25) is 5.02 Å². The van der Waals surface area contributed by atoms with Gasteiger partial charge >= 0.3 is 0 Å². The van der Waals surface area contributed by atoms with Crippen LogP contribution in [0, 0.1) is 5.41 Å². The summed E-state index contributed by atoms with van der Waals surface area (Å²) in [4.78, 5) is 0. The van der Waals surface area contributed by atoms with E-state index < -0.39 is 0 Å². The van der Waals surface area contributed by atoms with E-state index in [1.54, 1.807) is 6.07 Å². The molecule has 1 aliphatic carbocycles. The van der Waals surface area contributed by atoms with Gasteiger partial charge in [0.2, 0.25) is 0 Å². The molecule has 3 heteroatoms. The fourth-order valence-electron chi connectivity index (χ4n) is 2.54. The summed E-state index contributed by atoms with van der Waals surface area (Å²) < 4.78 is 0. The maximum Gasteiger partial charge on any atom is 0.120 e. The average molecular weight is 226 g/mol. The molecule has 1 unspecified atom stereocenters. The van der Waals surface area contributed by atoms with Crippen molar-refractivity contribution < 1.29 is 5.11 Å². The van der Waals surface area contributed by atoms with Crippen LogP contribution in [0.1, 0.15) is 25.8 Å². The van der Waals surface area contributed by atoms with E-state index in [4.69, 9.17) is 17.3 Å². The standard InChI is InChI=1S/C12H16ClNO/c1-11(2)6-12(11,7-14)9-4-3-8(13)5-10(9)15/h3-5,15H,6-7,14H2,1-2H3. The van der Waals surface area contributed by atoms with Crippen molar-refractivity contribution in [2.24, 2.45) is 11.1 Å². The first-order chi connectivity index (χ1) is 6.93. The Bertz CT molecular complexity index is 403. The molecule has 0 aliphatic heterocycles. The molecule has 0 spiro atoms. The Morgan fingerprint density at radius 1 is 1.47 bits per heavy atom. The minimum atomic E-state index is -0.0678. The van der Waals surface area contributed by atoms with Crippen LogP contribution in [-0.2, 0) is 5.41 Å². The van der Waals surface area contributed by atoms with Gasteiger partial charge in [0.15, 0.2) is 0 Å². The van der Waals surface area contributed by atoms with E-state index in [-0.39, 0.29) is 16.6 Å². The Hall–Kier alpha value is -0.730. The fourth-order valence-corrected chi connectivity index (χ4v) is 2.70. The normalized spacial score (nSPS) is 27.7. The molecule has 1 aromatic rings. The quantitative estimate of drug-likeness (QED) is 0.813. The van der Waals surface area contributed by atoms with E-state index >= 15 is 0 Å². The van der Waals surface area contributed by atoms with Gasteiger partial charge in [-0.15, -0.1) is 0 Å². The zero-order valence-electron chi connectivity index (χ0n) is 9.05. The predicted molar refractivity (Wildman–Crippen MR) is 62.2 cm³/mol. The van der Waals surface area contributed by atoms with Crippen molar-refractivity contribution in [1.82, 2.24) is 0 Å². The highest BCUT2D eigenvalue weighted by molar-refractivity contribution is 6.30. The van der Waals surface area contributed by atoms with Gasteiger partial charge in [0, 0.05) is 22.5 Å². The summed E-state index contributed by atoms with van der Waals surface area (Å²) in [6.45, 7) is 4.91. The second-order valence-electron chi connectivity index (χ2n) is 5.01. The van der Waals surface area contributed by atoms with E-state index in [2.05, 4.69) is 13.8 Å². The van der Waals surface area contributed by atoms with Crippen molar-refractivity contribution in [3.05, 3.63) is 28.8 Å². The van der Waals surface area contributed by atoms with Crippen LogP contribution in [0.4, 0.5) is 0 Å². The van der Waals surface area contributed by atoms with Gasteiger partial charge in [0.05, 0.1) is 0 Å². The number of hydrogen-bond acceptors (Lipinski definition) is 2. The molecule has 2 nitrogen and oxygen atoms in total. The van der Waals surface area contributed by atoms with Crippen LogP contribution in [0.15, 0.2) is 18.2 Å². The van der Waals surface area contributed by atoms with E-state index in [0.717, 1.165) is 12.0 Å². The van der Waals surface area contributed by atoms with Gasteiger partial charge < -0.3 is 10.8 Å². The number of phenols is 1. The number of benzene rings is 1. The number of hydrogen-bond donors (Lipinski definition) is 2. The number of halogens is 1. The van der Waals surface area contributed by atoms with Crippen LogP contribution in [0.5, 0.6) is 5.75 Å². The fraction of sp³-hybridized carbons (Fsp3) is 0.500. The number of phenolic OH excluding ortho intramolecular Hbond substituents is 1. The molecular formula is C12H16ClNO. The van der Waals surface area contributed by atoms with Gasteiger partial charge in [-0.1, -0.05) is 31.5 Å². The molecule has 0 aromatic heterocycles. The minimum Gasteiger partial charge on any atom is -0.508 e. The van der Waals surface area contributed by atoms with Gasteiger partial charge in [0.25, 0.3) is 0 Å². The highest BCUT2D eigenvalue weighted by Crippen LogP contribution is 2.65. The van der Waals surface area contributed by atoms with Crippen molar-refractivity contribution in [1.29, 1.82) is 0 Å². The largest absolute Gasteiger partial charge is 0.508 e. The van der Waals surface area contributed by atoms with Gasteiger partial charge in [-0.25, -0.2) is 0 Å². The van der Waals surface area contributed by atoms with Gasteiger partial charge in [-0.3, -0.25) is 0 Å². The lowest BCUT2D eigenvalue weighted by Crippen LogP contribution is -2.25. The molecule has 0 radical (unpaired) electrons. The molecule has 1 aliphatic rings. The molecule has 0 heterocycles. The van der Waals surface area contributed by atoms with Crippen molar-refractivity contribution in [3.63, 3.8) is 0 Å². The smallest absolute Gasteiger partial charge is 0.120 e. The number of rotatable bonds is 2. The van der Waals surface area contributed by atoms with Crippen molar-refractivity contribution in [2.75, 3.05) is 6.54 Å². The Labute approximate surface area is 95.1 Å². The lowest BCUT2D eigenvalue weighted by molar-refractivity contribution is 0.437. The summed E-state index contributed by atoms with van der Waals surface area (Å²) in [5.41, 5.74) is 6.88. The van der Waals surface area contributed by atoms with Gasteiger partial charge in [0.1, 0.15) is 5.75 Å². The Morgan fingerprint density at radius 2 is 2.07 bits per heavy atom. The molecule has 3 N–H and O–H groups in total. The van der Waals surface area contributed by atoms with E-state index in [1.807, 2.05) is 12.1 Å². The lowest BCUT2D eigenvalue weighted by atomic mass is 9.87. The highest BCUT2D eigenvalue weighted by Gasteiger charge is 2.61. The van der Waals surface area contributed by atoms with Crippen LogP contribution in [0.3, 0.4) is 0 Å². The first-order valence-electron chi connectivity index (χ1n) is 5.12. The lowest BCUT2D eigenvalue weighted by Gasteiger charge is -2.20. The summed E-state index contributed by atoms with van der Waals surface area (Å²) in [6.07, 6.45) is 1.02. The first kappa shape index (κ1) is 10.8. The molecule has 1 saturated carbocycles. The van der Waals surface area contributed by atoms with E-state index in [0.29, 0.717) is 11.6 Å². The average Bonchev–Trinajstić information content (AvgIpc) is 2.69. The molecule has 1 aromatic carbocycles. The molecule has 1 fully saturated rings. The maximum atomic E-state index is 9.89. The summed E-state index contributed by atoms with van der Waals surface area (Å²) in [5.74, 6) is 0.263. The molecule has 82 valence electrons. The van der Waals surface area contributed by atoms with Crippen LogP contribution < -0.4 is 5.73 Å². The van der Waals surface area contributed by atoms with Crippen molar-refractivity contribution in [3.8, 4) is 5.75 Å². The van der Waals surface area contributed by atoms with Crippen LogP contribution in [0.25, 0.3) is 0 Å². The number of aromatic hydroxyl groups is 1.